The van der Waals surface area contributed by atoms with E-state index in [1.54, 1.807) is 0 Å². The second-order valence-corrected chi connectivity index (χ2v) is 6.73. The minimum Gasteiger partial charge on any atom is -0.335 e. The maximum atomic E-state index is 4.56. The highest BCUT2D eigenvalue weighted by molar-refractivity contribution is 5.48. The van der Waals surface area contributed by atoms with Gasteiger partial charge < -0.3 is 13.9 Å². The number of hydrogen-bond donors (Lipinski definition) is 0. The first-order valence-corrected chi connectivity index (χ1v) is 8.31. The van der Waals surface area contributed by atoms with Gasteiger partial charge in [0.15, 0.2) is 0 Å². The van der Waals surface area contributed by atoms with E-state index in [2.05, 4.69) is 62.3 Å². The molecule has 4 heterocycles. The fourth-order valence-corrected chi connectivity index (χ4v) is 3.69. The quantitative estimate of drug-likeness (QED) is 0.743. The molecule has 1 atom stereocenters. The van der Waals surface area contributed by atoms with Crippen molar-refractivity contribution in [2.75, 3.05) is 13.6 Å². The molecule has 0 aliphatic carbocycles. The molecular formula is C18H23N5. The third-order valence-corrected chi connectivity index (χ3v) is 4.84. The first kappa shape index (κ1) is 14.5. The van der Waals surface area contributed by atoms with Crippen molar-refractivity contribution in [3.8, 4) is 0 Å². The maximum absolute atomic E-state index is 4.56. The highest BCUT2D eigenvalue weighted by atomic mass is 15.1. The molecule has 3 aromatic rings. The summed E-state index contributed by atoms with van der Waals surface area (Å²) in [5.74, 6) is 1.93. The predicted molar refractivity (Wildman–Crippen MR) is 90.3 cm³/mol. The van der Waals surface area contributed by atoms with Crippen LogP contribution in [0.1, 0.15) is 23.5 Å². The van der Waals surface area contributed by atoms with Gasteiger partial charge in [-0.2, -0.15) is 0 Å². The molecule has 0 amide bonds. The van der Waals surface area contributed by atoms with Gasteiger partial charge >= 0.3 is 0 Å². The van der Waals surface area contributed by atoms with Crippen molar-refractivity contribution < 1.29 is 0 Å². The summed E-state index contributed by atoms with van der Waals surface area (Å²) in [4.78, 5) is 11.4. The molecule has 120 valence electrons. The predicted octanol–water partition coefficient (Wildman–Crippen LogP) is 2.53. The van der Waals surface area contributed by atoms with Crippen LogP contribution >= 0.6 is 0 Å². The van der Waals surface area contributed by atoms with Gasteiger partial charge in [-0.15, -0.1) is 0 Å². The number of fused-ring (bicyclic) bond motifs is 2. The SMILES string of the molecule is Cc1cccn2c(CN(C)C[C@@H]3CCc4nccn4C3)cnc12. The van der Waals surface area contributed by atoms with Crippen LogP contribution in [0.4, 0.5) is 0 Å². The monoisotopic (exact) mass is 309 g/mol. The van der Waals surface area contributed by atoms with Crippen LogP contribution < -0.4 is 0 Å². The summed E-state index contributed by atoms with van der Waals surface area (Å²) in [5, 5.41) is 0. The van der Waals surface area contributed by atoms with Gasteiger partial charge in [-0.3, -0.25) is 0 Å². The van der Waals surface area contributed by atoms with E-state index in [9.17, 15) is 0 Å². The van der Waals surface area contributed by atoms with Gasteiger partial charge in [0.2, 0.25) is 0 Å². The average molecular weight is 309 g/mol. The van der Waals surface area contributed by atoms with Crippen molar-refractivity contribution in [3.05, 3.63) is 54.0 Å². The van der Waals surface area contributed by atoms with Gasteiger partial charge in [0, 0.05) is 44.6 Å². The van der Waals surface area contributed by atoms with E-state index in [0.717, 1.165) is 31.7 Å². The Morgan fingerprint density at radius 2 is 2.22 bits per heavy atom. The van der Waals surface area contributed by atoms with Crippen molar-refractivity contribution in [2.45, 2.75) is 32.9 Å². The molecule has 1 aliphatic rings. The molecule has 0 unspecified atom stereocenters. The first-order chi connectivity index (χ1) is 11.2. The third-order valence-electron chi connectivity index (χ3n) is 4.84. The Kier molecular flexibility index (Phi) is 3.65. The lowest BCUT2D eigenvalue weighted by atomic mass is 9.99. The lowest BCUT2D eigenvalue weighted by molar-refractivity contribution is 0.227. The summed E-state index contributed by atoms with van der Waals surface area (Å²) < 4.78 is 4.51. The Morgan fingerprint density at radius 3 is 3.13 bits per heavy atom. The van der Waals surface area contributed by atoms with Gasteiger partial charge in [0.25, 0.3) is 0 Å². The van der Waals surface area contributed by atoms with E-state index in [-0.39, 0.29) is 0 Å². The van der Waals surface area contributed by atoms with Crippen LogP contribution in [0.3, 0.4) is 0 Å². The van der Waals surface area contributed by atoms with Crippen molar-refractivity contribution in [3.63, 3.8) is 0 Å². The van der Waals surface area contributed by atoms with E-state index in [1.165, 1.54) is 23.5 Å². The standard InChI is InChI=1S/C18H23N5/c1-14-4-3-8-23-16(10-20-18(14)23)13-21(2)11-15-5-6-17-19-7-9-22(17)12-15/h3-4,7-10,15H,5-6,11-13H2,1-2H3/t15-/m0/s1. The minimum absolute atomic E-state index is 0.697. The molecule has 0 fully saturated rings. The van der Waals surface area contributed by atoms with Gasteiger partial charge in [-0.25, -0.2) is 9.97 Å². The molecule has 0 radical (unpaired) electrons. The van der Waals surface area contributed by atoms with Crippen molar-refractivity contribution in [1.82, 2.24) is 23.8 Å². The second-order valence-electron chi connectivity index (χ2n) is 6.73. The Labute approximate surface area is 136 Å². The number of nitrogens with zero attached hydrogens (tertiary/aromatic N) is 5. The van der Waals surface area contributed by atoms with Crippen LogP contribution in [0.5, 0.6) is 0 Å². The summed E-state index contributed by atoms with van der Waals surface area (Å²) in [5.41, 5.74) is 3.54. The maximum Gasteiger partial charge on any atom is 0.139 e. The normalized spacial score (nSPS) is 17.8. The fraction of sp³-hybridized carbons (Fsp3) is 0.444. The van der Waals surface area contributed by atoms with E-state index in [4.69, 9.17) is 0 Å². The first-order valence-electron chi connectivity index (χ1n) is 8.31. The summed E-state index contributed by atoms with van der Waals surface area (Å²) in [6.45, 7) is 5.24. The molecule has 0 saturated heterocycles. The van der Waals surface area contributed by atoms with E-state index < -0.39 is 0 Å². The topological polar surface area (TPSA) is 38.4 Å². The van der Waals surface area contributed by atoms with Crippen LogP contribution in [0, 0.1) is 12.8 Å². The molecule has 1 aliphatic heterocycles. The summed E-state index contributed by atoms with van der Waals surface area (Å²) in [7, 11) is 2.21. The van der Waals surface area contributed by atoms with Crippen LogP contribution in [0.15, 0.2) is 36.9 Å². The molecule has 5 heteroatoms. The zero-order chi connectivity index (χ0) is 15.8. The second kappa shape index (κ2) is 5.81. The molecule has 4 rings (SSSR count). The zero-order valence-corrected chi connectivity index (χ0v) is 13.8. The molecule has 0 bridgehead atoms. The van der Waals surface area contributed by atoms with E-state index in [1.807, 2.05) is 12.4 Å². The Balaban J connectivity index is 1.44. The van der Waals surface area contributed by atoms with Crippen LogP contribution in [0.2, 0.25) is 0 Å². The summed E-state index contributed by atoms with van der Waals surface area (Å²) >= 11 is 0. The number of aryl methyl sites for hydroxylation is 2. The minimum atomic E-state index is 0.697. The molecular weight excluding hydrogens is 286 g/mol. The lowest BCUT2D eigenvalue weighted by Gasteiger charge is -2.28. The van der Waals surface area contributed by atoms with Gasteiger partial charge in [-0.05, 0) is 37.9 Å². The molecule has 23 heavy (non-hydrogen) atoms. The highest BCUT2D eigenvalue weighted by Gasteiger charge is 2.20. The van der Waals surface area contributed by atoms with Crippen molar-refractivity contribution >= 4 is 5.65 Å². The summed E-state index contributed by atoms with van der Waals surface area (Å²) in [6, 6.07) is 4.20. The number of imidazole rings is 2. The molecule has 0 aromatic carbocycles. The molecule has 0 N–H and O–H groups in total. The zero-order valence-electron chi connectivity index (χ0n) is 13.8. The number of pyridine rings is 1. The van der Waals surface area contributed by atoms with Crippen molar-refractivity contribution in [1.29, 1.82) is 0 Å². The lowest BCUT2D eigenvalue weighted by Crippen LogP contribution is -2.31. The van der Waals surface area contributed by atoms with Crippen LogP contribution in [-0.4, -0.2) is 37.4 Å². The van der Waals surface area contributed by atoms with E-state index in [0.29, 0.717) is 5.92 Å². The largest absolute Gasteiger partial charge is 0.335 e. The summed E-state index contributed by atoms with van der Waals surface area (Å²) in [6.07, 6.45) is 10.5. The average Bonchev–Trinajstić information content (AvgIpc) is 3.15. The Bertz CT molecular complexity index is 816. The number of rotatable bonds is 4. The fourth-order valence-electron chi connectivity index (χ4n) is 3.69. The van der Waals surface area contributed by atoms with Gasteiger partial charge in [0.1, 0.15) is 11.5 Å². The van der Waals surface area contributed by atoms with E-state index >= 15 is 0 Å². The molecule has 0 saturated carbocycles. The smallest absolute Gasteiger partial charge is 0.139 e. The molecule has 5 nitrogen and oxygen atoms in total. The van der Waals surface area contributed by atoms with Gasteiger partial charge in [0.05, 0.1) is 11.9 Å². The highest BCUT2D eigenvalue weighted by Crippen LogP contribution is 2.20. The van der Waals surface area contributed by atoms with Crippen molar-refractivity contribution in [2.24, 2.45) is 5.92 Å². The Morgan fingerprint density at radius 1 is 1.30 bits per heavy atom. The number of aromatic nitrogens is 4. The third kappa shape index (κ3) is 2.77. The molecule has 3 aromatic heterocycles. The Hall–Kier alpha value is -2.14. The van der Waals surface area contributed by atoms with Gasteiger partial charge in [-0.1, -0.05) is 6.07 Å². The number of hydrogen-bond acceptors (Lipinski definition) is 3. The molecule has 0 spiro atoms. The van der Waals surface area contributed by atoms with Crippen LogP contribution in [-0.2, 0) is 19.5 Å². The van der Waals surface area contributed by atoms with Crippen LogP contribution in [0.25, 0.3) is 5.65 Å².